The largest absolute Gasteiger partial charge is 0.490 e. The Morgan fingerprint density at radius 2 is 1.06 bits per heavy atom. The molecule has 27 nitrogen and oxygen atoms in total. The number of ether oxygens (including phenoxy) is 2. The maximum absolute atomic E-state index is 13.7. The third kappa shape index (κ3) is 16.3. The van der Waals surface area contributed by atoms with Crippen molar-refractivity contribution in [2.45, 2.75) is 59.3 Å². The molecule has 9 aromatic rings. The smallest absolute Gasteiger partial charge is 0.290 e. The molecule has 6 aliphatic rings. The van der Waals surface area contributed by atoms with Crippen LogP contribution in [0.15, 0.2) is 173 Å². The molecule has 30 heteroatoms. The average molecular weight is 1450 g/mol. The summed E-state index contributed by atoms with van der Waals surface area (Å²) in [5.41, 5.74) is 9.88. The number of aromatic nitrogens is 6. The molecule has 0 aliphatic carbocycles. The molecule has 5 aromatic heterocycles. The number of hydrogen-bond donors (Lipinski definition) is 3. The van der Waals surface area contributed by atoms with Crippen LogP contribution in [0.3, 0.4) is 0 Å². The number of carboxylic acid groups (broad SMARTS) is 3. The van der Waals surface area contributed by atoms with Gasteiger partial charge in [0.15, 0.2) is 11.3 Å². The molecule has 6 aliphatic heterocycles. The molecule has 0 radical (unpaired) electrons. The van der Waals surface area contributed by atoms with Gasteiger partial charge in [-0.15, -0.1) is 0 Å². The van der Waals surface area contributed by atoms with Crippen LogP contribution in [0.1, 0.15) is 55.3 Å². The topological polar surface area (TPSA) is 323 Å². The number of pyridine rings is 2. The summed E-state index contributed by atoms with van der Waals surface area (Å²) in [6.45, 7) is 8.11. The van der Waals surface area contributed by atoms with Crippen molar-refractivity contribution in [3.05, 3.63) is 175 Å². The van der Waals surface area contributed by atoms with Crippen molar-refractivity contribution in [1.29, 1.82) is 0 Å². The maximum atomic E-state index is 13.7. The Morgan fingerprint density at radius 1 is 0.549 bits per heavy atom. The Hall–Kier alpha value is -10.1. The number of amides is 1. The van der Waals surface area contributed by atoms with Gasteiger partial charge in [0, 0.05) is 149 Å². The minimum Gasteiger partial charge on any atom is -0.490 e. The zero-order chi connectivity index (χ0) is 72.9. The molecule has 11 heterocycles. The fraction of sp³-hybridized carbons (Fsp3) is 0.319. The van der Waals surface area contributed by atoms with E-state index >= 15 is 0 Å². The molecule has 1 unspecified atom stereocenters. The summed E-state index contributed by atoms with van der Waals surface area (Å²) >= 11 is 0. The minimum atomic E-state index is -3.89. The van der Waals surface area contributed by atoms with Gasteiger partial charge in [-0.2, -0.15) is 17.6 Å². The van der Waals surface area contributed by atoms with Gasteiger partial charge in [0.25, 0.3) is 49.5 Å². The number of hydrogen-bond acceptors (Lipinski definition) is 20. The number of methoxy groups -OCH3 is 1. The van der Waals surface area contributed by atoms with Crippen LogP contribution in [0, 0.1) is 0 Å². The molecule has 15 rings (SSSR count). The Morgan fingerprint density at radius 3 is 1.57 bits per heavy atom. The normalized spacial score (nSPS) is 17.3. The lowest BCUT2D eigenvalue weighted by Gasteiger charge is -2.27. The van der Waals surface area contributed by atoms with Crippen molar-refractivity contribution in [3.8, 4) is 5.75 Å². The van der Waals surface area contributed by atoms with Gasteiger partial charge in [-0.05, 0) is 149 Å². The highest BCUT2D eigenvalue weighted by molar-refractivity contribution is 7.90. The van der Waals surface area contributed by atoms with E-state index in [0.717, 1.165) is 147 Å². The zero-order valence-corrected chi connectivity index (χ0v) is 59.6. The highest BCUT2D eigenvalue weighted by Gasteiger charge is 2.32. The van der Waals surface area contributed by atoms with E-state index in [1.807, 2.05) is 67.7 Å². The van der Waals surface area contributed by atoms with Crippen LogP contribution < -0.4 is 19.4 Å². The molecule has 1 amide bonds. The first-order valence-corrected chi connectivity index (χ1v) is 37.2. The van der Waals surface area contributed by atoms with Crippen LogP contribution >= 0.6 is 0 Å². The highest BCUT2D eigenvalue weighted by atomic mass is 32.2. The second-order valence-corrected chi connectivity index (χ2v) is 30.2. The predicted molar refractivity (Wildman–Crippen MR) is 391 cm³/mol. The SMILES string of the molecule is CN1CC=C(c2cn(S(=O)(=O)c3cccc(N4CCCC4=O)c3)c3ncccc23)CC1.CN1CC=C(c2nn(S(=O)(=O)c3ccc4c(c3)OCCN4C)c3ccccc23)CC1.COC1CCN(c2cccc(S(=O)(=O)n3cc(C4=CCN(C)CC4)c4cccnc43)c2)C1.O=CO.O=CO.O=CO. The molecule has 538 valence electrons. The van der Waals surface area contributed by atoms with Crippen LogP contribution in [0.5, 0.6) is 5.75 Å². The lowest BCUT2D eigenvalue weighted by molar-refractivity contribution is -0.123. The van der Waals surface area contributed by atoms with Gasteiger partial charge >= 0.3 is 0 Å². The fourth-order valence-electron chi connectivity index (χ4n) is 13.0. The van der Waals surface area contributed by atoms with Crippen molar-refractivity contribution in [2.24, 2.45) is 0 Å². The van der Waals surface area contributed by atoms with E-state index in [1.165, 1.54) is 17.6 Å². The van der Waals surface area contributed by atoms with E-state index in [2.05, 4.69) is 78.9 Å². The van der Waals surface area contributed by atoms with Gasteiger partial charge in [0.2, 0.25) is 5.91 Å². The van der Waals surface area contributed by atoms with E-state index in [4.69, 9.17) is 39.2 Å². The molecule has 2 saturated heterocycles. The monoisotopic (exact) mass is 1450 g/mol. The average Bonchev–Trinajstić information content (AvgIpc) is 1.59. The van der Waals surface area contributed by atoms with Crippen molar-refractivity contribution >= 4 is 122 Å². The quantitative estimate of drug-likeness (QED) is 0.0969. The van der Waals surface area contributed by atoms with E-state index < -0.39 is 30.1 Å². The third-order valence-electron chi connectivity index (χ3n) is 18.4. The number of nitrogens with zero attached hydrogens (tertiary/aromatic N) is 12. The third-order valence-corrected chi connectivity index (χ3v) is 23.3. The van der Waals surface area contributed by atoms with E-state index in [0.29, 0.717) is 47.8 Å². The summed E-state index contributed by atoms with van der Waals surface area (Å²) in [5.74, 6) is 0.610. The predicted octanol–water partition coefficient (Wildman–Crippen LogP) is 8.26. The van der Waals surface area contributed by atoms with Crippen LogP contribution in [0.4, 0.5) is 17.1 Å². The molecule has 0 saturated carbocycles. The van der Waals surface area contributed by atoms with Crippen LogP contribution in [0.2, 0.25) is 0 Å². The van der Waals surface area contributed by atoms with Crippen LogP contribution in [0.25, 0.3) is 49.7 Å². The molecular formula is C72H82N12O15S3. The summed E-state index contributed by atoms with van der Waals surface area (Å²) in [6.07, 6.45) is 18.2. The van der Waals surface area contributed by atoms with Gasteiger partial charge in [0.1, 0.15) is 12.4 Å². The second kappa shape index (κ2) is 33.1. The Balaban J connectivity index is 0.000000155. The van der Waals surface area contributed by atoms with Crippen molar-refractivity contribution in [1.82, 2.24) is 41.8 Å². The summed E-state index contributed by atoms with van der Waals surface area (Å²) < 4.78 is 96.9. The molecule has 1 atom stereocenters. The van der Waals surface area contributed by atoms with Gasteiger partial charge in [-0.1, -0.05) is 48.6 Å². The van der Waals surface area contributed by atoms with Gasteiger partial charge in [-0.3, -0.25) is 19.2 Å². The first-order valence-electron chi connectivity index (χ1n) is 32.9. The van der Waals surface area contributed by atoms with E-state index in [1.54, 1.807) is 91.4 Å². The molecule has 0 bridgehead atoms. The number of carbonyl (C=O) groups is 4. The number of fused-ring (bicyclic) bond motifs is 4. The van der Waals surface area contributed by atoms with Crippen molar-refractivity contribution < 1.29 is 69.2 Å². The highest BCUT2D eigenvalue weighted by Crippen LogP contribution is 2.38. The lowest BCUT2D eigenvalue weighted by Crippen LogP contribution is -2.29. The molecule has 2 fully saturated rings. The van der Waals surface area contributed by atoms with E-state index in [9.17, 15) is 30.0 Å². The van der Waals surface area contributed by atoms with Gasteiger partial charge < -0.3 is 54.2 Å². The summed E-state index contributed by atoms with van der Waals surface area (Å²) in [6, 6.07) is 33.9. The molecule has 0 spiro atoms. The molecule has 4 aromatic carbocycles. The number of rotatable bonds is 12. The number of para-hydroxylation sites is 1. The lowest BCUT2D eigenvalue weighted by atomic mass is 10.00. The van der Waals surface area contributed by atoms with Gasteiger partial charge in [-0.25, -0.2) is 34.7 Å². The number of likely N-dealkylation sites (N-methyl/N-ethyl adjacent to an activating group) is 4. The van der Waals surface area contributed by atoms with Crippen molar-refractivity contribution in [2.75, 3.05) is 122 Å². The Labute approximate surface area is 592 Å². The first kappa shape index (κ1) is 74.6. The van der Waals surface area contributed by atoms with Crippen LogP contribution in [-0.2, 0) is 54.0 Å². The standard InChI is InChI=1S/C24H28N4O3S.C23H24N4O3S.C22H24N4O3S.3CH2O2/c1-26-12-8-18(9-13-26)23-17-28(24-22(23)7-4-11-25-24)32(29,30)21-6-3-5-19(15-21)27-14-10-20(16-27)31-2;1-25-13-9-17(10-14-25)21-16-27(23-20(21)7-3-11-24-23)31(29,30)19-6-2-5-18(15-19)26-12-4-8-22(26)28;1-24-11-9-16(10-12-24)22-18-5-3-4-6-19(18)26(23-22)30(27,28)17-7-8-20-21(15-17)29-14-13-25(20)2;3*2-1-3/h3-8,11,15,17,20H,9-10,12-14,16H2,1-2H3;2-3,5-7,9,11,15-16H,4,8,10,12-14H2,1H3;3-9,15H,10-14H2,1-2H3;3*1H,(H,2,3). The van der Waals surface area contributed by atoms with Gasteiger partial charge in [0.05, 0.1) is 44.2 Å². The Kier molecular flexibility index (Phi) is 24.2. The number of carbonyl (C=O) groups excluding carboxylic acids is 1. The number of anilines is 3. The first-order chi connectivity index (χ1) is 49.1. The molecule has 102 heavy (non-hydrogen) atoms. The minimum absolute atomic E-state index is 0.0270. The summed E-state index contributed by atoms with van der Waals surface area (Å²) in [7, 11) is -1.65. The summed E-state index contributed by atoms with van der Waals surface area (Å²) in [5, 5.41) is 27.8. The fourth-order valence-corrected chi connectivity index (χ4v) is 17.0. The summed E-state index contributed by atoms with van der Waals surface area (Å²) in [4.78, 5) is 59.2. The van der Waals surface area contributed by atoms with Crippen LogP contribution in [-0.4, -0.2) is 221 Å². The molecular weight excluding hydrogens is 1370 g/mol. The van der Waals surface area contributed by atoms with E-state index in [-0.39, 0.29) is 46.1 Å². The van der Waals surface area contributed by atoms with Crippen molar-refractivity contribution in [3.63, 3.8) is 0 Å². The maximum Gasteiger partial charge on any atom is 0.290 e. The zero-order valence-electron chi connectivity index (χ0n) is 57.2. The Bertz CT molecular complexity index is 4980. The second-order valence-electron chi connectivity index (χ2n) is 24.8. The molecule has 3 N–H and O–H groups in total. The number of benzene rings is 4.